The lowest BCUT2D eigenvalue weighted by Gasteiger charge is -2.23. The van der Waals surface area contributed by atoms with Gasteiger partial charge in [0.05, 0.1) is 32.7 Å². The molecule has 0 amide bonds. The Labute approximate surface area is 301 Å². The third-order valence-corrected chi connectivity index (χ3v) is 8.04. The highest BCUT2D eigenvalue weighted by Gasteiger charge is 2.45. The zero-order valence-electron chi connectivity index (χ0n) is 26.1. The lowest BCUT2D eigenvalue weighted by Crippen LogP contribution is -2.47. The summed E-state index contributed by atoms with van der Waals surface area (Å²) >= 11 is 0. The van der Waals surface area contributed by atoms with Crippen molar-refractivity contribution in [2.24, 2.45) is 0 Å². The van der Waals surface area contributed by atoms with Gasteiger partial charge in [-0.3, -0.25) is 0 Å². The molecule has 6 aromatic carbocycles. The van der Waals surface area contributed by atoms with Crippen LogP contribution in [0, 0.1) is 134 Å². The van der Waals surface area contributed by atoms with Gasteiger partial charge in [-0.05, 0) is 0 Å². The Morgan fingerprint density at radius 3 is 0.879 bits per heavy atom. The molecule has 0 unspecified atom stereocenters. The molecule has 0 saturated carbocycles. The standard InChI is InChI=1S/C32BF23O2/c34-8-1-2(9(35)4-3(8)11(37)18(44)19(45)12(4)38)10(36)17(43)16(42)7(1)33(58-32-29(55)26(52)24(50)27(53)30(32)56)57-31-6(15(41)22(48)25(51)28(31)54)5-13(39)20(46)23(49)21(47)14(5)40. The summed E-state index contributed by atoms with van der Waals surface area (Å²) in [6, 6.07) is 0. The smallest absolute Gasteiger partial charge is 0.519 e. The van der Waals surface area contributed by atoms with Crippen molar-refractivity contribution >= 4 is 34.1 Å². The molecule has 6 aromatic rings. The van der Waals surface area contributed by atoms with Crippen molar-refractivity contribution in [1.82, 2.24) is 0 Å². The highest BCUT2D eigenvalue weighted by atomic mass is 19.2. The van der Waals surface area contributed by atoms with Crippen molar-refractivity contribution in [3.05, 3.63) is 134 Å². The molecule has 304 valence electrons. The summed E-state index contributed by atoms with van der Waals surface area (Å²) in [6.45, 7) is 0. The maximum atomic E-state index is 16.2. The van der Waals surface area contributed by atoms with Crippen LogP contribution in [0.4, 0.5) is 101 Å². The van der Waals surface area contributed by atoms with E-state index in [1.54, 1.807) is 0 Å². The number of halogens is 23. The first-order chi connectivity index (χ1) is 26.9. The molecule has 0 aromatic heterocycles. The number of benzene rings is 6. The second-order valence-corrected chi connectivity index (χ2v) is 11.1. The first-order valence-electron chi connectivity index (χ1n) is 14.3. The van der Waals surface area contributed by atoms with E-state index in [4.69, 9.17) is 0 Å². The van der Waals surface area contributed by atoms with Crippen LogP contribution in [0.2, 0.25) is 0 Å². The first-order valence-corrected chi connectivity index (χ1v) is 14.3. The molecule has 0 bridgehead atoms. The van der Waals surface area contributed by atoms with Crippen LogP contribution in [0.25, 0.3) is 32.7 Å². The highest BCUT2D eigenvalue weighted by Crippen LogP contribution is 2.44. The molecule has 0 saturated heterocycles. The van der Waals surface area contributed by atoms with Gasteiger partial charge in [0.1, 0.15) is 11.6 Å². The molecule has 0 aliphatic carbocycles. The summed E-state index contributed by atoms with van der Waals surface area (Å²) in [6.07, 6.45) is 0. The summed E-state index contributed by atoms with van der Waals surface area (Å²) in [4.78, 5) is 0. The maximum absolute atomic E-state index is 16.2. The van der Waals surface area contributed by atoms with Gasteiger partial charge in [0.2, 0.25) is 46.5 Å². The van der Waals surface area contributed by atoms with E-state index in [9.17, 15) is 70.2 Å². The Morgan fingerprint density at radius 2 is 0.466 bits per heavy atom. The minimum Gasteiger partial charge on any atom is -0.519 e. The molecule has 0 heterocycles. The van der Waals surface area contributed by atoms with Crippen molar-refractivity contribution in [2.75, 3.05) is 0 Å². The van der Waals surface area contributed by atoms with Gasteiger partial charge in [0.15, 0.2) is 87.1 Å². The van der Waals surface area contributed by atoms with E-state index in [1.807, 2.05) is 0 Å². The van der Waals surface area contributed by atoms with Gasteiger partial charge in [-0.1, -0.05) is 0 Å². The maximum Gasteiger partial charge on any atom is 0.636 e. The van der Waals surface area contributed by atoms with Crippen molar-refractivity contribution in [1.29, 1.82) is 0 Å². The van der Waals surface area contributed by atoms with Crippen molar-refractivity contribution < 1.29 is 110 Å². The second kappa shape index (κ2) is 14.1. The summed E-state index contributed by atoms with van der Waals surface area (Å²) < 4.78 is 348. The van der Waals surface area contributed by atoms with Gasteiger partial charge < -0.3 is 9.31 Å². The predicted octanol–water partition coefficient (Wildman–Crippen LogP) is 10.7. The van der Waals surface area contributed by atoms with Crippen LogP contribution in [-0.4, -0.2) is 7.12 Å². The molecule has 58 heavy (non-hydrogen) atoms. The molecule has 6 rings (SSSR count). The van der Waals surface area contributed by atoms with Gasteiger partial charge in [0, 0.05) is 5.39 Å². The van der Waals surface area contributed by atoms with Crippen LogP contribution < -0.4 is 14.8 Å². The molecular weight excluding hydrogens is 864 g/mol. The fourth-order valence-corrected chi connectivity index (χ4v) is 5.44. The Bertz CT molecular complexity index is 2790. The van der Waals surface area contributed by atoms with E-state index in [-0.39, 0.29) is 0 Å². The highest BCUT2D eigenvalue weighted by molar-refractivity contribution is 6.66. The summed E-state index contributed by atoms with van der Waals surface area (Å²) in [5.74, 6) is -78.8. The Morgan fingerprint density at radius 1 is 0.207 bits per heavy atom. The fourth-order valence-electron chi connectivity index (χ4n) is 5.44. The zero-order valence-corrected chi connectivity index (χ0v) is 26.1. The molecule has 0 atom stereocenters. The van der Waals surface area contributed by atoms with Gasteiger partial charge in [-0.15, -0.1) is 0 Å². The van der Waals surface area contributed by atoms with Crippen LogP contribution in [0.3, 0.4) is 0 Å². The van der Waals surface area contributed by atoms with Gasteiger partial charge in [-0.2, -0.15) is 13.2 Å². The third kappa shape index (κ3) is 5.60. The lowest BCUT2D eigenvalue weighted by molar-refractivity contribution is 0.328. The minimum atomic E-state index is -4.45. The lowest BCUT2D eigenvalue weighted by atomic mass is 9.73. The second-order valence-electron chi connectivity index (χ2n) is 11.1. The normalized spacial score (nSPS) is 11.7. The average molecular weight is 864 g/mol. The van der Waals surface area contributed by atoms with E-state index >= 15 is 30.7 Å². The van der Waals surface area contributed by atoms with Gasteiger partial charge in [-0.25, -0.2) is 87.8 Å². The van der Waals surface area contributed by atoms with Crippen LogP contribution >= 0.6 is 0 Å². The van der Waals surface area contributed by atoms with Crippen molar-refractivity contribution in [3.8, 4) is 22.6 Å². The third-order valence-electron chi connectivity index (χ3n) is 8.04. The molecular formula is C32BF23O2. The number of hydrogen-bond acceptors (Lipinski definition) is 2. The van der Waals surface area contributed by atoms with E-state index in [2.05, 4.69) is 9.31 Å². The predicted molar refractivity (Wildman–Crippen MR) is 145 cm³/mol. The molecule has 0 fully saturated rings. The van der Waals surface area contributed by atoms with E-state index in [1.165, 1.54) is 0 Å². The molecule has 0 aliphatic rings. The van der Waals surface area contributed by atoms with Crippen LogP contribution in [0.1, 0.15) is 0 Å². The number of rotatable bonds is 6. The largest absolute Gasteiger partial charge is 0.636 e. The van der Waals surface area contributed by atoms with Crippen molar-refractivity contribution in [3.63, 3.8) is 0 Å². The Balaban J connectivity index is 1.85. The topological polar surface area (TPSA) is 18.5 Å². The fraction of sp³-hybridized carbons (Fsp3) is 0. The molecule has 0 radical (unpaired) electrons. The Hall–Kier alpha value is -6.11. The molecule has 0 aliphatic heterocycles. The van der Waals surface area contributed by atoms with Crippen LogP contribution in [-0.2, 0) is 0 Å². The molecule has 0 N–H and O–H groups in total. The summed E-state index contributed by atoms with van der Waals surface area (Å²) in [7, 11) is -4.45. The minimum absolute atomic E-state index is 2.49. The van der Waals surface area contributed by atoms with E-state index in [0.29, 0.717) is 0 Å². The average Bonchev–Trinajstić information content (AvgIpc) is 3.19. The zero-order chi connectivity index (χ0) is 43.5. The van der Waals surface area contributed by atoms with Crippen LogP contribution in [0.5, 0.6) is 11.5 Å². The first kappa shape index (κ1) is 41.5. The molecule has 26 heteroatoms. The van der Waals surface area contributed by atoms with Gasteiger partial charge >= 0.3 is 7.12 Å². The van der Waals surface area contributed by atoms with E-state index in [0.717, 1.165) is 0 Å². The number of fused-ring (bicyclic) bond motifs is 2. The Kier molecular flexibility index (Phi) is 10.1. The monoisotopic (exact) mass is 864 g/mol. The van der Waals surface area contributed by atoms with Crippen molar-refractivity contribution in [2.45, 2.75) is 0 Å². The number of hydrogen-bond donors (Lipinski definition) is 0. The van der Waals surface area contributed by atoms with E-state index < -0.39 is 191 Å². The summed E-state index contributed by atoms with van der Waals surface area (Å²) in [5, 5.41) is -10.4. The molecule has 0 spiro atoms. The quantitative estimate of drug-likeness (QED) is 0.0546. The summed E-state index contributed by atoms with van der Waals surface area (Å²) in [5.41, 5.74) is -8.69. The van der Waals surface area contributed by atoms with Gasteiger partial charge in [0.25, 0.3) is 0 Å². The van der Waals surface area contributed by atoms with Crippen LogP contribution in [0.15, 0.2) is 0 Å². The molecule has 2 nitrogen and oxygen atoms in total. The SMILES string of the molecule is Fc1c(F)c(F)c(OB(Oc2c(F)c(F)c(F)c(F)c2-c2c(F)c(F)c(F)c(F)c2F)c2c(F)c(F)c(F)c3c(F)c4c(F)c(F)c(F)c(F)c4c(F)c23)c(F)c1F.